The first kappa shape index (κ1) is 18.5. The second kappa shape index (κ2) is 9.45. The van der Waals surface area contributed by atoms with Crippen LogP contribution in [0.5, 0.6) is 0 Å². The van der Waals surface area contributed by atoms with E-state index in [1.165, 1.54) is 5.56 Å². The van der Waals surface area contributed by atoms with Crippen LogP contribution in [-0.4, -0.2) is 43.8 Å². The quantitative estimate of drug-likeness (QED) is 0.715. The molecule has 130 valence electrons. The van der Waals surface area contributed by atoms with Crippen molar-refractivity contribution in [1.82, 2.24) is 4.90 Å². The Bertz CT molecular complexity index is 601. The molecule has 2 aromatic rings. The summed E-state index contributed by atoms with van der Waals surface area (Å²) < 4.78 is 5.21. The Morgan fingerprint density at radius 2 is 1.96 bits per heavy atom. The predicted octanol–water partition coefficient (Wildman–Crippen LogP) is 4.27. The van der Waals surface area contributed by atoms with Crippen molar-refractivity contribution in [3.8, 4) is 0 Å². The van der Waals surface area contributed by atoms with Gasteiger partial charge in [0.2, 0.25) is 0 Å². The van der Waals surface area contributed by atoms with Crippen LogP contribution in [0, 0.1) is 0 Å². The normalized spacial score (nSPS) is 12.2. The number of carbonyl (C=O) groups is 1. The van der Waals surface area contributed by atoms with Crippen molar-refractivity contribution >= 4 is 22.4 Å². The molecule has 1 atom stereocenters. The number of benzene rings is 1. The minimum Gasteiger partial charge on any atom is -0.449 e. The van der Waals surface area contributed by atoms with Crippen molar-refractivity contribution in [3.05, 3.63) is 53.4 Å². The fourth-order valence-electron chi connectivity index (χ4n) is 2.45. The first-order chi connectivity index (χ1) is 11.6. The van der Waals surface area contributed by atoms with Gasteiger partial charge in [-0.1, -0.05) is 30.3 Å². The van der Waals surface area contributed by atoms with Crippen molar-refractivity contribution in [2.75, 3.05) is 31.6 Å². The van der Waals surface area contributed by atoms with E-state index in [9.17, 15) is 4.79 Å². The van der Waals surface area contributed by atoms with Crippen LogP contribution in [0.15, 0.2) is 47.8 Å². The van der Waals surface area contributed by atoms with Gasteiger partial charge in [-0.05, 0) is 50.4 Å². The van der Waals surface area contributed by atoms with Crippen LogP contribution in [0.1, 0.15) is 19.4 Å². The van der Waals surface area contributed by atoms with E-state index in [1.807, 2.05) is 30.5 Å². The highest BCUT2D eigenvalue weighted by atomic mass is 32.1. The van der Waals surface area contributed by atoms with Gasteiger partial charge < -0.3 is 9.64 Å². The van der Waals surface area contributed by atoms with Gasteiger partial charge in [-0.2, -0.15) is 0 Å². The van der Waals surface area contributed by atoms with Gasteiger partial charge in [0.25, 0.3) is 0 Å². The van der Waals surface area contributed by atoms with E-state index < -0.39 is 0 Å². The summed E-state index contributed by atoms with van der Waals surface area (Å²) in [6, 6.07) is 14.6. The number of amides is 1. The van der Waals surface area contributed by atoms with E-state index in [4.69, 9.17) is 4.74 Å². The summed E-state index contributed by atoms with van der Waals surface area (Å²) >= 11 is 1.56. The first-order valence-corrected chi connectivity index (χ1v) is 9.21. The van der Waals surface area contributed by atoms with Crippen LogP contribution in [0.3, 0.4) is 0 Å². The van der Waals surface area contributed by atoms with Gasteiger partial charge in [-0.3, -0.25) is 4.90 Å². The van der Waals surface area contributed by atoms with Gasteiger partial charge in [0.05, 0.1) is 6.61 Å². The molecular weight excluding hydrogens is 320 g/mol. The number of thiophene rings is 1. The minimum atomic E-state index is -0.275. The Morgan fingerprint density at radius 1 is 1.21 bits per heavy atom. The molecule has 0 aliphatic heterocycles. The van der Waals surface area contributed by atoms with Gasteiger partial charge in [-0.25, -0.2) is 4.79 Å². The second-order valence-electron chi connectivity index (χ2n) is 5.83. The Balaban J connectivity index is 1.93. The average Bonchev–Trinajstić information content (AvgIpc) is 3.12. The van der Waals surface area contributed by atoms with Gasteiger partial charge in [-0.15, -0.1) is 11.3 Å². The number of likely N-dealkylation sites (N-methyl/N-ethyl adjacent to an activating group) is 1. The third-order valence-corrected chi connectivity index (χ3v) is 4.95. The molecule has 0 saturated carbocycles. The Morgan fingerprint density at radius 3 is 2.58 bits per heavy atom. The third-order valence-electron chi connectivity index (χ3n) is 4.06. The van der Waals surface area contributed by atoms with Gasteiger partial charge in [0.1, 0.15) is 5.00 Å². The molecule has 0 saturated heterocycles. The maximum absolute atomic E-state index is 12.3. The highest BCUT2D eigenvalue weighted by Crippen LogP contribution is 2.23. The third kappa shape index (κ3) is 5.35. The minimum absolute atomic E-state index is 0.236. The Labute approximate surface area is 148 Å². The maximum atomic E-state index is 12.3. The Hall–Kier alpha value is -1.85. The molecule has 1 amide bonds. The summed E-state index contributed by atoms with van der Waals surface area (Å²) in [4.78, 5) is 16.3. The summed E-state index contributed by atoms with van der Waals surface area (Å²) in [5.41, 5.74) is 1.33. The highest BCUT2D eigenvalue weighted by molar-refractivity contribution is 7.14. The molecule has 24 heavy (non-hydrogen) atoms. The lowest BCUT2D eigenvalue weighted by atomic mass is 10.1. The van der Waals surface area contributed by atoms with Crippen LogP contribution < -0.4 is 4.90 Å². The smallest absolute Gasteiger partial charge is 0.414 e. The maximum Gasteiger partial charge on any atom is 0.414 e. The van der Waals surface area contributed by atoms with Gasteiger partial charge >= 0.3 is 6.09 Å². The zero-order valence-electron chi connectivity index (χ0n) is 14.6. The second-order valence-corrected chi connectivity index (χ2v) is 6.75. The van der Waals surface area contributed by atoms with E-state index in [2.05, 4.69) is 43.1 Å². The monoisotopic (exact) mass is 346 g/mol. The van der Waals surface area contributed by atoms with Crippen LogP contribution in [0.2, 0.25) is 0 Å². The van der Waals surface area contributed by atoms with Crippen LogP contribution in [-0.2, 0) is 11.2 Å². The molecule has 0 aliphatic carbocycles. The summed E-state index contributed by atoms with van der Waals surface area (Å²) in [6.07, 6.45) is 0.725. The zero-order valence-corrected chi connectivity index (χ0v) is 15.5. The topological polar surface area (TPSA) is 32.8 Å². The molecule has 1 heterocycles. The summed E-state index contributed by atoms with van der Waals surface area (Å²) in [6.45, 7) is 5.93. The predicted molar refractivity (Wildman–Crippen MR) is 101 cm³/mol. The fraction of sp³-hybridized carbons (Fsp3) is 0.421. The molecule has 0 aliphatic rings. The van der Waals surface area contributed by atoms with E-state index in [0.717, 1.165) is 18.0 Å². The van der Waals surface area contributed by atoms with Crippen molar-refractivity contribution in [1.29, 1.82) is 0 Å². The lowest BCUT2D eigenvalue weighted by molar-refractivity contribution is 0.156. The molecule has 4 nitrogen and oxygen atoms in total. The number of anilines is 1. The van der Waals surface area contributed by atoms with E-state index in [0.29, 0.717) is 13.2 Å². The van der Waals surface area contributed by atoms with Crippen molar-refractivity contribution < 1.29 is 9.53 Å². The van der Waals surface area contributed by atoms with Crippen molar-refractivity contribution in [2.45, 2.75) is 26.3 Å². The van der Waals surface area contributed by atoms with Gasteiger partial charge in [0.15, 0.2) is 0 Å². The average molecular weight is 346 g/mol. The number of ether oxygens (including phenoxy) is 1. The summed E-state index contributed by atoms with van der Waals surface area (Å²) in [7, 11) is 2.10. The van der Waals surface area contributed by atoms with E-state index in [-0.39, 0.29) is 12.1 Å². The van der Waals surface area contributed by atoms with E-state index >= 15 is 0 Å². The number of carbonyl (C=O) groups excluding carboxylic acids is 1. The van der Waals surface area contributed by atoms with E-state index in [1.54, 1.807) is 16.2 Å². The highest BCUT2D eigenvalue weighted by Gasteiger charge is 2.22. The van der Waals surface area contributed by atoms with Gasteiger partial charge in [0, 0.05) is 19.1 Å². The van der Waals surface area contributed by atoms with Crippen LogP contribution >= 0.6 is 11.3 Å². The first-order valence-electron chi connectivity index (χ1n) is 8.33. The lowest BCUT2D eigenvalue weighted by Gasteiger charge is -2.30. The fourth-order valence-corrected chi connectivity index (χ4v) is 3.18. The summed E-state index contributed by atoms with van der Waals surface area (Å²) in [5, 5.41) is 2.91. The summed E-state index contributed by atoms with van der Waals surface area (Å²) in [5.74, 6) is 0. The SMILES string of the molecule is CCOC(=O)N(CC(C)N(C)CCc1ccccc1)c1cccs1. The molecule has 0 N–H and O–H groups in total. The molecule has 5 heteroatoms. The van der Waals surface area contributed by atoms with Crippen LogP contribution in [0.4, 0.5) is 9.80 Å². The molecule has 0 fully saturated rings. The molecule has 0 bridgehead atoms. The standard InChI is InChI=1S/C19H26N2O2S/c1-4-23-19(22)21(18-11-8-14-24-18)15-16(2)20(3)13-12-17-9-6-5-7-10-17/h5-11,14,16H,4,12-13,15H2,1-3H3. The molecule has 2 rings (SSSR count). The largest absolute Gasteiger partial charge is 0.449 e. The lowest BCUT2D eigenvalue weighted by Crippen LogP contribution is -2.43. The molecular formula is C19H26N2O2S. The zero-order chi connectivity index (χ0) is 17.4. The Kier molecular flexibility index (Phi) is 7.28. The van der Waals surface area contributed by atoms with Crippen molar-refractivity contribution in [2.24, 2.45) is 0 Å². The van der Waals surface area contributed by atoms with Crippen molar-refractivity contribution in [3.63, 3.8) is 0 Å². The molecule has 0 radical (unpaired) electrons. The molecule has 1 aromatic carbocycles. The number of rotatable bonds is 8. The number of hydrogen-bond donors (Lipinski definition) is 0. The molecule has 0 spiro atoms. The molecule has 1 unspecified atom stereocenters. The van der Waals surface area contributed by atoms with Crippen LogP contribution in [0.25, 0.3) is 0 Å². The molecule has 1 aromatic heterocycles. The number of hydrogen-bond acceptors (Lipinski definition) is 4. The number of nitrogens with zero attached hydrogens (tertiary/aromatic N) is 2.